The van der Waals surface area contributed by atoms with Crippen LogP contribution in [-0.4, -0.2) is 31.1 Å². The van der Waals surface area contributed by atoms with Crippen molar-refractivity contribution in [3.05, 3.63) is 58.6 Å². The molecule has 21 heavy (non-hydrogen) atoms. The van der Waals surface area contributed by atoms with Gasteiger partial charge in [-0.1, -0.05) is 34.1 Å². The van der Waals surface area contributed by atoms with Gasteiger partial charge in [-0.15, -0.1) is 0 Å². The maximum atomic E-state index is 5.79. The summed E-state index contributed by atoms with van der Waals surface area (Å²) in [7, 11) is 0. The average molecular weight is 347 g/mol. The summed E-state index contributed by atoms with van der Waals surface area (Å²) in [4.78, 5) is 2.43. The van der Waals surface area contributed by atoms with Crippen LogP contribution in [0.4, 0.5) is 5.69 Å². The van der Waals surface area contributed by atoms with E-state index in [9.17, 15) is 0 Å². The van der Waals surface area contributed by atoms with Crippen LogP contribution in [0.25, 0.3) is 0 Å². The number of benzene rings is 2. The smallest absolute Gasteiger partial charge is 0.123 e. The van der Waals surface area contributed by atoms with Crippen molar-refractivity contribution in [1.29, 1.82) is 0 Å². The van der Waals surface area contributed by atoms with E-state index in [2.05, 4.69) is 68.6 Å². The number of ether oxygens (including phenoxy) is 1. The van der Waals surface area contributed by atoms with Crippen molar-refractivity contribution < 1.29 is 4.74 Å². The lowest BCUT2D eigenvalue weighted by Crippen LogP contribution is -2.30. The van der Waals surface area contributed by atoms with E-state index in [4.69, 9.17) is 4.74 Å². The van der Waals surface area contributed by atoms with E-state index >= 15 is 0 Å². The Kier molecular flexibility index (Phi) is 4.78. The molecule has 0 spiro atoms. The zero-order valence-corrected chi connectivity index (χ0v) is 13.5. The first kappa shape index (κ1) is 14.4. The fraction of sp³-hybridized carbons (Fsp3) is 0.294. The van der Waals surface area contributed by atoms with Crippen molar-refractivity contribution in [2.45, 2.75) is 6.54 Å². The predicted molar refractivity (Wildman–Crippen MR) is 89.8 cm³/mol. The van der Waals surface area contributed by atoms with Gasteiger partial charge in [0.05, 0.1) is 0 Å². The topological polar surface area (TPSA) is 24.5 Å². The van der Waals surface area contributed by atoms with Gasteiger partial charge in [-0.3, -0.25) is 4.90 Å². The van der Waals surface area contributed by atoms with E-state index < -0.39 is 0 Å². The quantitative estimate of drug-likeness (QED) is 0.912. The van der Waals surface area contributed by atoms with Crippen molar-refractivity contribution in [1.82, 2.24) is 4.90 Å². The first-order valence-electron chi connectivity index (χ1n) is 7.24. The minimum absolute atomic E-state index is 0.759. The molecule has 0 atom stereocenters. The van der Waals surface area contributed by atoms with Crippen molar-refractivity contribution in [3.63, 3.8) is 0 Å². The number of hydrogen-bond donors (Lipinski definition) is 1. The summed E-state index contributed by atoms with van der Waals surface area (Å²) < 4.78 is 6.90. The second kappa shape index (κ2) is 6.96. The normalized spacial score (nSPS) is 14.9. The standard InChI is InChI=1S/C17H19BrN2O/c18-15-5-7-16(8-6-15)19-9-10-20-11-12-21-17-4-2-1-3-14(17)13-20/h1-8,19H,9-13H2. The Labute approximate surface area is 134 Å². The zero-order chi connectivity index (χ0) is 14.5. The molecule has 1 aliphatic heterocycles. The lowest BCUT2D eigenvalue weighted by Gasteiger charge is -2.19. The Morgan fingerprint density at radius 1 is 1.10 bits per heavy atom. The molecule has 1 aliphatic rings. The van der Waals surface area contributed by atoms with Crippen LogP contribution in [0.15, 0.2) is 53.0 Å². The summed E-state index contributed by atoms with van der Waals surface area (Å²) in [5.74, 6) is 1.03. The van der Waals surface area contributed by atoms with Crippen molar-refractivity contribution in [2.24, 2.45) is 0 Å². The molecule has 0 aromatic heterocycles. The van der Waals surface area contributed by atoms with Crippen LogP contribution in [0.5, 0.6) is 5.75 Å². The van der Waals surface area contributed by atoms with Gasteiger partial charge in [0.1, 0.15) is 12.4 Å². The Hall–Kier alpha value is -1.52. The predicted octanol–water partition coefficient (Wildman–Crippen LogP) is 3.76. The van der Waals surface area contributed by atoms with Gasteiger partial charge < -0.3 is 10.1 Å². The monoisotopic (exact) mass is 346 g/mol. The maximum Gasteiger partial charge on any atom is 0.123 e. The average Bonchev–Trinajstić information content (AvgIpc) is 2.71. The Morgan fingerprint density at radius 2 is 1.90 bits per heavy atom. The maximum absolute atomic E-state index is 5.79. The van der Waals surface area contributed by atoms with E-state index in [1.165, 1.54) is 5.56 Å². The Balaban J connectivity index is 1.53. The van der Waals surface area contributed by atoms with Gasteiger partial charge in [0.2, 0.25) is 0 Å². The number of anilines is 1. The lowest BCUT2D eigenvalue weighted by atomic mass is 10.2. The number of rotatable bonds is 4. The fourth-order valence-electron chi connectivity index (χ4n) is 2.50. The number of nitrogens with zero attached hydrogens (tertiary/aromatic N) is 1. The van der Waals surface area contributed by atoms with Gasteiger partial charge >= 0.3 is 0 Å². The fourth-order valence-corrected chi connectivity index (χ4v) is 2.76. The molecule has 2 aromatic rings. The summed E-state index contributed by atoms with van der Waals surface area (Å²) in [6, 6.07) is 16.6. The van der Waals surface area contributed by atoms with Gasteiger partial charge in [-0.2, -0.15) is 0 Å². The first-order valence-corrected chi connectivity index (χ1v) is 8.03. The molecular weight excluding hydrogens is 328 g/mol. The van der Waals surface area contributed by atoms with E-state index in [0.29, 0.717) is 0 Å². The summed E-state index contributed by atoms with van der Waals surface area (Å²) in [5, 5.41) is 3.46. The van der Waals surface area contributed by atoms with E-state index in [-0.39, 0.29) is 0 Å². The number of para-hydroxylation sites is 1. The molecular formula is C17H19BrN2O. The Bertz CT molecular complexity index is 586. The number of halogens is 1. The molecule has 110 valence electrons. The largest absolute Gasteiger partial charge is 0.492 e. The Morgan fingerprint density at radius 3 is 2.76 bits per heavy atom. The second-order valence-electron chi connectivity index (χ2n) is 5.17. The minimum Gasteiger partial charge on any atom is -0.492 e. The van der Waals surface area contributed by atoms with E-state index in [1.54, 1.807) is 0 Å². The van der Waals surface area contributed by atoms with E-state index in [1.807, 2.05) is 6.07 Å². The van der Waals surface area contributed by atoms with Gasteiger partial charge in [-0.25, -0.2) is 0 Å². The highest BCUT2D eigenvalue weighted by Crippen LogP contribution is 2.22. The highest BCUT2D eigenvalue weighted by Gasteiger charge is 2.14. The van der Waals surface area contributed by atoms with E-state index in [0.717, 1.165) is 48.7 Å². The molecule has 0 radical (unpaired) electrons. The van der Waals surface area contributed by atoms with Gasteiger partial charge in [0.15, 0.2) is 0 Å². The van der Waals surface area contributed by atoms with Crippen LogP contribution in [0.3, 0.4) is 0 Å². The molecule has 1 N–H and O–H groups in total. The molecule has 2 aromatic carbocycles. The number of hydrogen-bond acceptors (Lipinski definition) is 3. The molecule has 0 bridgehead atoms. The highest BCUT2D eigenvalue weighted by molar-refractivity contribution is 9.10. The van der Waals surface area contributed by atoms with Crippen LogP contribution in [0.1, 0.15) is 5.56 Å². The van der Waals surface area contributed by atoms with Crippen molar-refractivity contribution >= 4 is 21.6 Å². The molecule has 3 nitrogen and oxygen atoms in total. The lowest BCUT2D eigenvalue weighted by molar-refractivity contribution is 0.232. The molecule has 1 heterocycles. The van der Waals surface area contributed by atoms with Crippen LogP contribution < -0.4 is 10.1 Å². The third-order valence-corrected chi connectivity index (χ3v) is 4.16. The summed E-state index contributed by atoms with van der Waals surface area (Å²) in [6.07, 6.45) is 0. The molecule has 0 unspecified atom stereocenters. The van der Waals surface area contributed by atoms with Gasteiger partial charge in [0, 0.05) is 41.9 Å². The third-order valence-electron chi connectivity index (χ3n) is 3.63. The molecule has 0 amide bonds. The third kappa shape index (κ3) is 3.99. The zero-order valence-electron chi connectivity index (χ0n) is 11.9. The first-order chi connectivity index (χ1) is 10.3. The van der Waals surface area contributed by atoms with Gasteiger partial charge in [0.25, 0.3) is 0 Å². The number of nitrogens with one attached hydrogen (secondary N) is 1. The van der Waals surface area contributed by atoms with Crippen LogP contribution in [0, 0.1) is 0 Å². The minimum atomic E-state index is 0.759. The molecule has 0 fully saturated rings. The molecule has 0 aliphatic carbocycles. The molecule has 4 heteroatoms. The summed E-state index contributed by atoms with van der Waals surface area (Å²) >= 11 is 3.45. The van der Waals surface area contributed by atoms with Crippen LogP contribution in [-0.2, 0) is 6.54 Å². The van der Waals surface area contributed by atoms with Crippen molar-refractivity contribution in [2.75, 3.05) is 31.6 Å². The van der Waals surface area contributed by atoms with Crippen molar-refractivity contribution in [3.8, 4) is 5.75 Å². The number of fused-ring (bicyclic) bond motifs is 1. The van der Waals surface area contributed by atoms with Gasteiger partial charge in [-0.05, 0) is 30.3 Å². The SMILES string of the molecule is Brc1ccc(NCCN2CCOc3ccccc3C2)cc1. The summed E-state index contributed by atoms with van der Waals surface area (Å²) in [6.45, 7) is 4.63. The molecule has 3 rings (SSSR count). The molecule has 0 saturated carbocycles. The van der Waals surface area contributed by atoms with Crippen LogP contribution >= 0.6 is 15.9 Å². The molecule has 0 saturated heterocycles. The second-order valence-corrected chi connectivity index (χ2v) is 6.08. The van der Waals surface area contributed by atoms with Crippen LogP contribution in [0.2, 0.25) is 0 Å². The highest BCUT2D eigenvalue weighted by atomic mass is 79.9. The summed E-state index contributed by atoms with van der Waals surface area (Å²) in [5.41, 5.74) is 2.43.